The normalized spacial score (nSPS) is 21.3. The van der Waals surface area contributed by atoms with Crippen LogP contribution in [-0.2, 0) is 20.2 Å². The number of carboxylic acid groups (broad SMARTS) is 1. The SMILES string of the molecule is O=C(O)C1(c2ccc(S(=O)(=O)NC3CCCC3)cc2)CC1. The second kappa shape index (κ2) is 5.10. The van der Waals surface area contributed by atoms with Crippen molar-refractivity contribution in [2.24, 2.45) is 0 Å². The van der Waals surface area contributed by atoms with Crippen molar-refractivity contribution in [3.8, 4) is 0 Å². The maximum atomic E-state index is 12.3. The first-order chi connectivity index (χ1) is 9.94. The third kappa shape index (κ3) is 2.70. The van der Waals surface area contributed by atoms with E-state index in [-0.39, 0.29) is 10.9 Å². The number of sulfonamides is 1. The highest BCUT2D eigenvalue weighted by molar-refractivity contribution is 7.89. The van der Waals surface area contributed by atoms with Crippen molar-refractivity contribution >= 4 is 16.0 Å². The molecule has 0 aromatic heterocycles. The van der Waals surface area contributed by atoms with Gasteiger partial charge in [0, 0.05) is 6.04 Å². The van der Waals surface area contributed by atoms with E-state index in [1.807, 2.05) is 0 Å². The molecule has 0 heterocycles. The molecule has 1 aromatic carbocycles. The van der Waals surface area contributed by atoms with E-state index >= 15 is 0 Å². The lowest BCUT2D eigenvalue weighted by Gasteiger charge is -2.14. The molecular formula is C15H19NO4S. The van der Waals surface area contributed by atoms with Crippen LogP contribution in [0, 0.1) is 0 Å². The van der Waals surface area contributed by atoms with Crippen LogP contribution in [-0.4, -0.2) is 25.5 Å². The Bertz CT molecular complexity index is 641. The fraction of sp³-hybridized carbons (Fsp3) is 0.533. The summed E-state index contributed by atoms with van der Waals surface area (Å²) in [6, 6.07) is 6.31. The summed E-state index contributed by atoms with van der Waals surface area (Å²) in [6.45, 7) is 0. The van der Waals surface area contributed by atoms with Gasteiger partial charge in [-0.25, -0.2) is 13.1 Å². The molecule has 0 aliphatic heterocycles. The molecule has 0 amide bonds. The van der Waals surface area contributed by atoms with Gasteiger partial charge < -0.3 is 5.11 Å². The zero-order chi connectivity index (χ0) is 15.1. The first kappa shape index (κ1) is 14.5. The Balaban J connectivity index is 1.79. The van der Waals surface area contributed by atoms with Crippen molar-refractivity contribution in [1.29, 1.82) is 0 Å². The van der Waals surface area contributed by atoms with Crippen LogP contribution < -0.4 is 4.72 Å². The van der Waals surface area contributed by atoms with Crippen LogP contribution in [0.2, 0.25) is 0 Å². The molecule has 3 rings (SSSR count). The quantitative estimate of drug-likeness (QED) is 0.871. The molecule has 114 valence electrons. The summed E-state index contributed by atoms with van der Waals surface area (Å²) >= 11 is 0. The zero-order valence-electron chi connectivity index (χ0n) is 11.7. The summed E-state index contributed by atoms with van der Waals surface area (Å²) in [5.41, 5.74) is -0.101. The third-order valence-electron chi connectivity index (χ3n) is 4.55. The molecule has 2 saturated carbocycles. The van der Waals surface area contributed by atoms with E-state index in [1.165, 1.54) is 12.1 Å². The van der Waals surface area contributed by atoms with E-state index in [4.69, 9.17) is 0 Å². The largest absolute Gasteiger partial charge is 0.481 e. The monoisotopic (exact) mass is 309 g/mol. The summed E-state index contributed by atoms with van der Waals surface area (Å²) < 4.78 is 27.3. The molecule has 0 unspecified atom stereocenters. The van der Waals surface area contributed by atoms with Gasteiger partial charge in [0.15, 0.2) is 0 Å². The number of hydrogen-bond acceptors (Lipinski definition) is 3. The van der Waals surface area contributed by atoms with Gasteiger partial charge in [-0.05, 0) is 43.4 Å². The Morgan fingerprint density at radius 3 is 2.19 bits per heavy atom. The fourth-order valence-corrected chi connectivity index (χ4v) is 4.34. The van der Waals surface area contributed by atoms with Crippen LogP contribution in [0.5, 0.6) is 0 Å². The average molecular weight is 309 g/mol. The average Bonchev–Trinajstić information content (AvgIpc) is 3.12. The molecule has 0 saturated heterocycles. The van der Waals surface area contributed by atoms with Crippen molar-refractivity contribution in [3.63, 3.8) is 0 Å². The molecule has 1 aromatic rings. The molecule has 2 fully saturated rings. The highest BCUT2D eigenvalue weighted by Gasteiger charge is 2.51. The maximum absolute atomic E-state index is 12.3. The van der Waals surface area contributed by atoms with Gasteiger partial charge in [0.1, 0.15) is 0 Å². The Morgan fingerprint density at radius 2 is 1.71 bits per heavy atom. The predicted molar refractivity (Wildman–Crippen MR) is 77.6 cm³/mol. The second-order valence-corrected chi connectivity index (χ2v) is 7.73. The van der Waals surface area contributed by atoms with Gasteiger partial charge in [-0.2, -0.15) is 0 Å². The highest BCUT2D eigenvalue weighted by atomic mass is 32.2. The van der Waals surface area contributed by atoms with Crippen LogP contribution in [0.3, 0.4) is 0 Å². The molecule has 0 spiro atoms. The fourth-order valence-electron chi connectivity index (χ4n) is 3.04. The van der Waals surface area contributed by atoms with E-state index in [0.29, 0.717) is 18.4 Å². The standard InChI is InChI=1S/C15H19NO4S/c17-14(18)15(9-10-15)11-5-7-13(8-6-11)21(19,20)16-12-3-1-2-4-12/h5-8,12,16H,1-4,9-10H2,(H,17,18). The van der Waals surface area contributed by atoms with E-state index in [2.05, 4.69) is 4.72 Å². The summed E-state index contributed by atoms with van der Waals surface area (Å²) in [6.07, 6.45) is 5.14. The van der Waals surface area contributed by atoms with E-state index < -0.39 is 21.4 Å². The molecule has 5 nitrogen and oxygen atoms in total. The Morgan fingerprint density at radius 1 is 1.14 bits per heavy atom. The van der Waals surface area contributed by atoms with Crippen LogP contribution in [0.4, 0.5) is 0 Å². The molecule has 2 aliphatic rings. The number of carboxylic acids is 1. The molecule has 21 heavy (non-hydrogen) atoms. The summed E-state index contributed by atoms with van der Waals surface area (Å²) in [5.74, 6) is -0.831. The van der Waals surface area contributed by atoms with Crippen LogP contribution >= 0.6 is 0 Å². The number of rotatable bonds is 5. The third-order valence-corrected chi connectivity index (χ3v) is 6.09. The first-order valence-corrected chi connectivity index (χ1v) is 8.79. The lowest BCUT2D eigenvalue weighted by molar-refractivity contribution is -0.140. The van der Waals surface area contributed by atoms with Gasteiger partial charge in [-0.3, -0.25) is 4.79 Å². The molecular weight excluding hydrogens is 290 g/mol. The summed E-state index contributed by atoms with van der Waals surface area (Å²) in [5, 5.41) is 9.25. The van der Waals surface area contributed by atoms with Crippen LogP contribution in [0.1, 0.15) is 44.1 Å². The van der Waals surface area contributed by atoms with Crippen molar-refractivity contribution in [1.82, 2.24) is 4.72 Å². The number of aliphatic carboxylic acids is 1. The van der Waals surface area contributed by atoms with Crippen LogP contribution in [0.25, 0.3) is 0 Å². The maximum Gasteiger partial charge on any atom is 0.314 e. The molecule has 2 N–H and O–H groups in total. The van der Waals surface area contributed by atoms with E-state index in [1.54, 1.807) is 12.1 Å². The smallest absolute Gasteiger partial charge is 0.314 e. The van der Waals surface area contributed by atoms with Crippen molar-refractivity contribution in [3.05, 3.63) is 29.8 Å². The Kier molecular flexibility index (Phi) is 3.53. The molecule has 0 bridgehead atoms. The summed E-state index contributed by atoms with van der Waals surface area (Å²) in [7, 11) is -3.50. The molecule has 6 heteroatoms. The van der Waals surface area contributed by atoms with Crippen molar-refractivity contribution < 1.29 is 18.3 Å². The Hall–Kier alpha value is -1.40. The Labute approximate surface area is 124 Å². The topological polar surface area (TPSA) is 83.5 Å². The van der Waals surface area contributed by atoms with Gasteiger partial charge >= 0.3 is 5.97 Å². The van der Waals surface area contributed by atoms with Crippen molar-refractivity contribution in [2.75, 3.05) is 0 Å². The van der Waals surface area contributed by atoms with Gasteiger partial charge in [0.25, 0.3) is 0 Å². The predicted octanol–water partition coefficient (Wildman–Crippen LogP) is 2.02. The highest BCUT2D eigenvalue weighted by Crippen LogP contribution is 2.48. The van der Waals surface area contributed by atoms with E-state index in [9.17, 15) is 18.3 Å². The lowest BCUT2D eigenvalue weighted by atomic mass is 9.96. The number of benzene rings is 1. The molecule has 2 aliphatic carbocycles. The minimum atomic E-state index is -3.50. The second-order valence-electron chi connectivity index (χ2n) is 6.01. The van der Waals surface area contributed by atoms with Gasteiger partial charge in [0.2, 0.25) is 10.0 Å². The number of nitrogens with one attached hydrogen (secondary N) is 1. The lowest BCUT2D eigenvalue weighted by Crippen LogP contribution is -2.32. The first-order valence-electron chi connectivity index (χ1n) is 7.30. The number of hydrogen-bond donors (Lipinski definition) is 2. The summed E-state index contributed by atoms with van der Waals surface area (Å²) in [4.78, 5) is 11.5. The molecule has 0 radical (unpaired) electrons. The van der Waals surface area contributed by atoms with Gasteiger partial charge in [-0.1, -0.05) is 25.0 Å². The van der Waals surface area contributed by atoms with Crippen LogP contribution in [0.15, 0.2) is 29.2 Å². The minimum absolute atomic E-state index is 0.0310. The molecule has 0 atom stereocenters. The van der Waals surface area contributed by atoms with Crippen molar-refractivity contribution in [2.45, 2.75) is 54.9 Å². The minimum Gasteiger partial charge on any atom is -0.481 e. The van der Waals surface area contributed by atoms with Gasteiger partial charge in [0.05, 0.1) is 10.3 Å². The number of carbonyl (C=O) groups is 1. The van der Waals surface area contributed by atoms with E-state index in [0.717, 1.165) is 25.7 Å². The zero-order valence-corrected chi connectivity index (χ0v) is 12.5. The van der Waals surface area contributed by atoms with Gasteiger partial charge in [-0.15, -0.1) is 0 Å².